The van der Waals surface area contributed by atoms with Gasteiger partial charge in [-0.1, -0.05) is 24.4 Å². The van der Waals surface area contributed by atoms with E-state index in [1.54, 1.807) is 16.8 Å². The van der Waals surface area contributed by atoms with Crippen LogP contribution >= 0.6 is 11.6 Å². The van der Waals surface area contributed by atoms with Gasteiger partial charge < -0.3 is 4.90 Å². The average molecular weight is 333 g/mol. The maximum absolute atomic E-state index is 12.8. The first-order valence-corrected chi connectivity index (χ1v) is 8.43. The topological polar surface area (TPSA) is 51.0 Å². The Morgan fingerprint density at radius 2 is 1.83 bits per heavy atom. The van der Waals surface area contributed by atoms with Gasteiger partial charge in [0.1, 0.15) is 5.69 Å². The maximum Gasteiger partial charge on any atom is 0.274 e. The highest BCUT2D eigenvalue weighted by Crippen LogP contribution is 2.21. The number of aromatic nitrogens is 3. The molecule has 0 bridgehead atoms. The standard InChI is InChI=1S/C17H21ClN4O/c1-12-11-13(2)22(20-12)15-8-7-14(18)16(19-15)17(23)21-9-5-3-4-6-10-21/h7-8,11H,3-6,9-10H2,1-2H3. The molecule has 3 rings (SSSR count). The molecule has 0 atom stereocenters. The van der Waals surface area contributed by atoms with Gasteiger partial charge in [-0.3, -0.25) is 4.79 Å². The van der Waals surface area contributed by atoms with Crippen LogP contribution in [0.15, 0.2) is 18.2 Å². The molecule has 122 valence electrons. The SMILES string of the molecule is Cc1cc(C)n(-c2ccc(Cl)c(C(=O)N3CCCCCC3)n2)n1. The van der Waals surface area contributed by atoms with Gasteiger partial charge in [-0.15, -0.1) is 0 Å². The monoisotopic (exact) mass is 332 g/mol. The highest BCUT2D eigenvalue weighted by molar-refractivity contribution is 6.33. The van der Waals surface area contributed by atoms with Crippen LogP contribution in [0.2, 0.25) is 5.02 Å². The minimum Gasteiger partial charge on any atom is -0.337 e. The van der Waals surface area contributed by atoms with E-state index in [0.29, 0.717) is 16.5 Å². The predicted octanol–water partition coefficient (Wildman–Crippen LogP) is 3.55. The summed E-state index contributed by atoms with van der Waals surface area (Å²) in [5.74, 6) is 0.540. The smallest absolute Gasteiger partial charge is 0.274 e. The van der Waals surface area contributed by atoms with Gasteiger partial charge in [0, 0.05) is 18.8 Å². The van der Waals surface area contributed by atoms with Crippen molar-refractivity contribution in [1.82, 2.24) is 19.7 Å². The second-order valence-corrected chi connectivity index (χ2v) is 6.45. The zero-order chi connectivity index (χ0) is 16.4. The second-order valence-electron chi connectivity index (χ2n) is 6.05. The van der Waals surface area contributed by atoms with E-state index >= 15 is 0 Å². The number of rotatable bonds is 2. The fraction of sp³-hybridized carbons (Fsp3) is 0.471. The zero-order valence-corrected chi connectivity index (χ0v) is 14.3. The van der Waals surface area contributed by atoms with Gasteiger partial charge in [-0.25, -0.2) is 9.67 Å². The van der Waals surface area contributed by atoms with Crippen molar-refractivity contribution in [2.45, 2.75) is 39.5 Å². The van der Waals surface area contributed by atoms with Gasteiger partial charge in [-0.05, 0) is 44.9 Å². The van der Waals surface area contributed by atoms with E-state index < -0.39 is 0 Å². The van der Waals surface area contributed by atoms with Gasteiger partial charge in [0.2, 0.25) is 0 Å². The van der Waals surface area contributed by atoms with E-state index in [1.807, 2.05) is 24.8 Å². The lowest BCUT2D eigenvalue weighted by molar-refractivity contribution is 0.0756. The average Bonchev–Trinajstić information content (AvgIpc) is 2.74. The van der Waals surface area contributed by atoms with Crippen LogP contribution in [-0.4, -0.2) is 38.7 Å². The van der Waals surface area contributed by atoms with Crippen molar-refractivity contribution in [2.24, 2.45) is 0 Å². The molecule has 3 heterocycles. The summed E-state index contributed by atoms with van der Waals surface area (Å²) in [6, 6.07) is 5.50. The molecule has 0 unspecified atom stereocenters. The fourth-order valence-corrected chi connectivity index (χ4v) is 3.17. The molecule has 1 amide bonds. The Balaban J connectivity index is 1.94. The summed E-state index contributed by atoms with van der Waals surface area (Å²) >= 11 is 6.24. The summed E-state index contributed by atoms with van der Waals surface area (Å²) in [6.45, 7) is 5.46. The molecule has 0 aliphatic carbocycles. The first-order chi connectivity index (χ1) is 11.1. The van der Waals surface area contributed by atoms with Crippen molar-refractivity contribution in [2.75, 3.05) is 13.1 Å². The van der Waals surface area contributed by atoms with E-state index in [9.17, 15) is 4.79 Å². The number of hydrogen-bond donors (Lipinski definition) is 0. The van der Waals surface area contributed by atoms with E-state index in [2.05, 4.69) is 10.1 Å². The zero-order valence-electron chi connectivity index (χ0n) is 13.5. The van der Waals surface area contributed by atoms with Crippen molar-refractivity contribution in [3.63, 3.8) is 0 Å². The molecule has 1 aliphatic rings. The number of carbonyl (C=O) groups excluding carboxylic acids is 1. The molecule has 2 aromatic heterocycles. The lowest BCUT2D eigenvalue weighted by Crippen LogP contribution is -2.32. The number of carbonyl (C=O) groups is 1. The second kappa shape index (κ2) is 6.71. The Hall–Kier alpha value is -1.88. The quantitative estimate of drug-likeness (QED) is 0.845. The third-order valence-electron chi connectivity index (χ3n) is 4.15. The van der Waals surface area contributed by atoms with Gasteiger partial charge in [0.25, 0.3) is 5.91 Å². The van der Waals surface area contributed by atoms with Gasteiger partial charge in [0.15, 0.2) is 5.82 Å². The van der Waals surface area contributed by atoms with Crippen LogP contribution in [0.4, 0.5) is 0 Å². The molecule has 0 saturated carbocycles. The van der Waals surface area contributed by atoms with Crippen LogP contribution in [0, 0.1) is 13.8 Å². The van der Waals surface area contributed by atoms with Crippen molar-refractivity contribution in [1.29, 1.82) is 0 Å². The Morgan fingerprint density at radius 3 is 2.43 bits per heavy atom. The maximum atomic E-state index is 12.8. The Bertz CT molecular complexity index is 717. The normalized spacial score (nSPS) is 15.5. The number of amides is 1. The lowest BCUT2D eigenvalue weighted by atomic mass is 10.2. The Labute approximate surface area is 141 Å². The highest BCUT2D eigenvalue weighted by Gasteiger charge is 2.22. The van der Waals surface area contributed by atoms with E-state index in [4.69, 9.17) is 11.6 Å². The fourth-order valence-electron chi connectivity index (χ4n) is 2.98. The first kappa shape index (κ1) is 16.0. The number of halogens is 1. The first-order valence-electron chi connectivity index (χ1n) is 8.06. The van der Waals surface area contributed by atoms with E-state index in [1.165, 1.54) is 12.8 Å². The minimum atomic E-state index is -0.0831. The largest absolute Gasteiger partial charge is 0.337 e. The van der Waals surface area contributed by atoms with Gasteiger partial charge in [-0.2, -0.15) is 5.10 Å². The van der Waals surface area contributed by atoms with E-state index in [0.717, 1.165) is 37.3 Å². The lowest BCUT2D eigenvalue weighted by Gasteiger charge is -2.20. The third kappa shape index (κ3) is 3.39. The molecule has 0 N–H and O–H groups in total. The number of hydrogen-bond acceptors (Lipinski definition) is 3. The third-order valence-corrected chi connectivity index (χ3v) is 4.46. The molecule has 23 heavy (non-hydrogen) atoms. The minimum absolute atomic E-state index is 0.0831. The molecule has 1 aliphatic heterocycles. The van der Waals surface area contributed by atoms with Crippen LogP contribution in [0.5, 0.6) is 0 Å². The summed E-state index contributed by atoms with van der Waals surface area (Å²) in [5, 5.41) is 4.82. The van der Waals surface area contributed by atoms with Gasteiger partial charge >= 0.3 is 0 Å². The predicted molar refractivity (Wildman–Crippen MR) is 90.2 cm³/mol. The van der Waals surface area contributed by atoms with Crippen LogP contribution in [-0.2, 0) is 0 Å². The molecule has 0 radical (unpaired) electrons. The van der Waals surface area contributed by atoms with Crippen molar-refractivity contribution >= 4 is 17.5 Å². The van der Waals surface area contributed by atoms with Crippen molar-refractivity contribution in [3.8, 4) is 5.82 Å². The molecule has 1 saturated heterocycles. The highest BCUT2D eigenvalue weighted by atomic mass is 35.5. The Kier molecular flexibility index (Phi) is 4.66. The summed E-state index contributed by atoms with van der Waals surface area (Å²) in [4.78, 5) is 19.2. The molecule has 6 heteroatoms. The summed E-state index contributed by atoms with van der Waals surface area (Å²) in [7, 11) is 0. The number of pyridine rings is 1. The van der Waals surface area contributed by atoms with Crippen LogP contribution in [0.3, 0.4) is 0 Å². The molecule has 0 aromatic carbocycles. The van der Waals surface area contributed by atoms with E-state index in [-0.39, 0.29) is 5.91 Å². The van der Waals surface area contributed by atoms with Crippen molar-refractivity contribution < 1.29 is 4.79 Å². The van der Waals surface area contributed by atoms with Crippen LogP contribution in [0.1, 0.15) is 47.6 Å². The number of aryl methyl sites for hydroxylation is 2. The van der Waals surface area contributed by atoms with Gasteiger partial charge in [0.05, 0.1) is 10.7 Å². The molecular formula is C17H21ClN4O. The number of likely N-dealkylation sites (tertiary alicyclic amines) is 1. The molecule has 1 fully saturated rings. The van der Waals surface area contributed by atoms with Crippen molar-refractivity contribution in [3.05, 3.63) is 40.3 Å². The molecule has 0 spiro atoms. The van der Waals surface area contributed by atoms with Crippen LogP contribution in [0.25, 0.3) is 5.82 Å². The molecular weight excluding hydrogens is 312 g/mol. The summed E-state index contributed by atoms with van der Waals surface area (Å²) < 4.78 is 1.74. The Morgan fingerprint density at radius 1 is 1.13 bits per heavy atom. The van der Waals surface area contributed by atoms with Crippen LogP contribution < -0.4 is 0 Å². The number of nitrogens with zero attached hydrogens (tertiary/aromatic N) is 4. The summed E-state index contributed by atoms with van der Waals surface area (Å²) in [6.07, 6.45) is 4.44. The molecule has 5 nitrogen and oxygen atoms in total. The summed E-state index contributed by atoms with van der Waals surface area (Å²) in [5.41, 5.74) is 2.21. The molecule has 2 aromatic rings.